The van der Waals surface area contributed by atoms with E-state index in [0.29, 0.717) is 6.10 Å². The summed E-state index contributed by atoms with van der Waals surface area (Å²) in [5, 5.41) is 0.242. The molecular weight excluding hydrogens is 288 g/mol. The number of aryl methyl sites for hydroxylation is 1. The van der Waals surface area contributed by atoms with E-state index in [9.17, 15) is 0 Å². The van der Waals surface area contributed by atoms with Crippen LogP contribution in [0.15, 0.2) is 30.3 Å². The van der Waals surface area contributed by atoms with Crippen molar-refractivity contribution in [3.8, 4) is 0 Å². The van der Waals surface area contributed by atoms with Crippen LogP contribution in [0.5, 0.6) is 0 Å². The smallest absolute Gasteiger partial charge is 0.192 e. The standard InChI is InChI=1S/C19H32O2Si/c1-15(21-22(6,7)18(2,3)4)19(5)17(20-19)14-13-16-11-9-8-10-12-16/h8-12,15,17H,13-14H2,1-7H3/t15-,17-,19-/m0/s1. The highest BCUT2D eigenvalue weighted by molar-refractivity contribution is 6.74. The molecule has 0 unspecified atom stereocenters. The summed E-state index contributed by atoms with van der Waals surface area (Å²) >= 11 is 0. The van der Waals surface area contributed by atoms with Gasteiger partial charge in [0.2, 0.25) is 0 Å². The molecule has 1 heterocycles. The molecule has 0 amide bonds. The molecule has 3 heteroatoms. The van der Waals surface area contributed by atoms with E-state index < -0.39 is 8.32 Å². The van der Waals surface area contributed by atoms with Crippen LogP contribution in [-0.2, 0) is 15.6 Å². The first-order chi connectivity index (χ1) is 10.1. The largest absolute Gasteiger partial charge is 0.411 e. The zero-order valence-corrected chi connectivity index (χ0v) is 16.3. The Hall–Kier alpha value is -0.643. The van der Waals surface area contributed by atoms with Gasteiger partial charge in [0.05, 0.1) is 12.2 Å². The molecule has 0 saturated carbocycles. The first-order valence-electron chi connectivity index (χ1n) is 8.46. The highest BCUT2D eigenvalue weighted by Gasteiger charge is 2.57. The van der Waals surface area contributed by atoms with Gasteiger partial charge < -0.3 is 9.16 Å². The molecule has 1 aliphatic heterocycles. The fraction of sp³-hybridized carbons (Fsp3) is 0.684. The molecular formula is C19H32O2Si. The zero-order valence-electron chi connectivity index (χ0n) is 15.3. The molecule has 1 aromatic rings. The maximum atomic E-state index is 6.53. The van der Waals surface area contributed by atoms with Gasteiger partial charge in [-0.05, 0) is 50.4 Å². The Morgan fingerprint density at radius 1 is 1.23 bits per heavy atom. The number of hydrogen-bond acceptors (Lipinski definition) is 2. The van der Waals surface area contributed by atoms with Crippen molar-refractivity contribution in [2.45, 2.75) is 83.4 Å². The Labute approximate surface area is 137 Å². The van der Waals surface area contributed by atoms with E-state index in [1.165, 1.54) is 5.56 Å². The van der Waals surface area contributed by atoms with Gasteiger partial charge in [-0.1, -0.05) is 51.1 Å². The normalized spacial score (nSPS) is 26.8. The van der Waals surface area contributed by atoms with Crippen molar-refractivity contribution in [3.05, 3.63) is 35.9 Å². The van der Waals surface area contributed by atoms with E-state index in [0.717, 1.165) is 12.8 Å². The van der Waals surface area contributed by atoms with Gasteiger partial charge in [-0.25, -0.2) is 0 Å². The average Bonchev–Trinajstić information content (AvgIpc) is 3.08. The minimum Gasteiger partial charge on any atom is -0.411 e. The number of epoxide rings is 1. The van der Waals surface area contributed by atoms with E-state index in [4.69, 9.17) is 9.16 Å². The van der Waals surface area contributed by atoms with Crippen molar-refractivity contribution in [1.82, 2.24) is 0 Å². The van der Waals surface area contributed by atoms with E-state index in [2.05, 4.69) is 78.0 Å². The maximum Gasteiger partial charge on any atom is 0.192 e. The summed E-state index contributed by atoms with van der Waals surface area (Å²) in [6.45, 7) is 15.9. The Kier molecular flexibility index (Phi) is 4.91. The van der Waals surface area contributed by atoms with E-state index in [-0.39, 0.29) is 16.7 Å². The summed E-state index contributed by atoms with van der Waals surface area (Å²) in [5.41, 5.74) is 1.28. The lowest BCUT2D eigenvalue weighted by Gasteiger charge is -2.39. The third kappa shape index (κ3) is 3.81. The molecule has 1 aliphatic rings. The summed E-state index contributed by atoms with van der Waals surface area (Å²) in [6, 6.07) is 10.7. The monoisotopic (exact) mass is 320 g/mol. The molecule has 1 aromatic carbocycles. The predicted molar refractivity (Wildman–Crippen MR) is 95.8 cm³/mol. The predicted octanol–water partition coefficient (Wildman–Crippen LogP) is 5.19. The third-order valence-corrected chi connectivity index (χ3v) is 10.2. The summed E-state index contributed by atoms with van der Waals surface area (Å²) in [7, 11) is -1.73. The van der Waals surface area contributed by atoms with Crippen molar-refractivity contribution >= 4 is 8.32 Å². The Morgan fingerprint density at radius 2 is 1.82 bits per heavy atom. The van der Waals surface area contributed by atoms with Gasteiger partial charge in [0.1, 0.15) is 5.60 Å². The van der Waals surface area contributed by atoms with Crippen molar-refractivity contribution in [2.24, 2.45) is 0 Å². The van der Waals surface area contributed by atoms with Crippen molar-refractivity contribution < 1.29 is 9.16 Å². The highest BCUT2D eigenvalue weighted by atomic mass is 28.4. The minimum absolute atomic E-state index is 0.107. The molecule has 1 saturated heterocycles. The second kappa shape index (κ2) is 6.10. The van der Waals surface area contributed by atoms with Crippen LogP contribution in [0.1, 0.15) is 46.6 Å². The van der Waals surface area contributed by atoms with Crippen LogP contribution in [-0.4, -0.2) is 26.1 Å². The van der Waals surface area contributed by atoms with Crippen LogP contribution in [0, 0.1) is 0 Å². The minimum atomic E-state index is -1.73. The van der Waals surface area contributed by atoms with Crippen LogP contribution in [0.4, 0.5) is 0 Å². The fourth-order valence-electron chi connectivity index (χ4n) is 2.65. The second-order valence-corrected chi connectivity index (χ2v) is 13.1. The van der Waals surface area contributed by atoms with E-state index in [1.54, 1.807) is 0 Å². The van der Waals surface area contributed by atoms with Gasteiger partial charge in [0.25, 0.3) is 0 Å². The second-order valence-electron chi connectivity index (χ2n) is 8.34. The molecule has 3 atom stereocenters. The van der Waals surface area contributed by atoms with Crippen LogP contribution in [0.25, 0.3) is 0 Å². The first-order valence-corrected chi connectivity index (χ1v) is 11.4. The Balaban J connectivity index is 1.88. The van der Waals surface area contributed by atoms with Crippen LogP contribution >= 0.6 is 0 Å². The molecule has 0 spiro atoms. The molecule has 22 heavy (non-hydrogen) atoms. The highest BCUT2D eigenvalue weighted by Crippen LogP contribution is 2.46. The third-order valence-electron chi connectivity index (χ3n) is 5.60. The average molecular weight is 321 g/mol. The van der Waals surface area contributed by atoms with Gasteiger partial charge >= 0.3 is 0 Å². The summed E-state index contributed by atoms with van der Waals surface area (Å²) in [5.74, 6) is 0. The van der Waals surface area contributed by atoms with Gasteiger partial charge in [-0.2, -0.15) is 0 Å². The quantitative estimate of drug-likeness (QED) is 0.531. The summed E-state index contributed by atoms with van der Waals surface area (Å²) in [6.07, 6.45) is 2.64. The van der Waals surface area contributed by atoms with E-state index >= 15 is 0 Å². The molecule has 2 rings (SSSR count). The number of hydrogen-bond donors (Lipinski definition) is 0. The van der Waals surface area contributed by atoms with E-state index in [1.807, 2.05) is 0 Å². The zero-order chi connectivity index (χ0) is 16.6. The van der Waals surface area contributed by atoms with Crippen molar-refractivity contribution in [2.75, 3.05) is 0 Å². The van der Waals surface area contributed by atoms with Gasteiger partial charge in [-0.3, -0.25) is 0 Å². The van der Waals surface area contributed by atoms with Gasteiger partial charge in [-0.15, -0.1) is 0 Å². The molecule has 0 radical (unpaired) electrons. The summed E-state index contributed by atoms with van der Waals surface area (Å²) < 4.78 is 12.6. The SMILES string of the molecule is C[C@H](O[Si](C)(C)C(C)(C)C)[C@]1(C)O[C@H]1CCc1ccccc1. The van der Waals surface area contributed by atoms with Gasteiger partial charge in [0, 0.05) is 0 Å². The van der Waals surface area contributed by atoms with Crippen molar-refractivity contribution in [3.63, 3.8) is 0 Å². The Bertz CT molecular complexity index is 492. The lowest BCUT2D eigenvalue weighted by atomic mass is 9.97. The molecule has 1 fully saturated rings. The molecule has 0 N–H and O–H groups in total. The van der Waals surface area contributed by atoms with Crippen LogP contribution < -0.4 is 0 Å². The topological polar surface area (TPSA) is 21.8 Å². The fourth-order valence-corrected chi connectivity index (χ4v) is 4.13. The molecule has 0 aromatic heterocycles. The number of rotatable bonds is 6. The number of ether oxygens (including phenoxy) is 1. The molecule has 2 nitrogen and oxygen atoms in total. The molecule has 0 bridgehead atoms. The lowest BCUT2D eigenvalue weighted by molar-refractivity contribution is 0.108. The lowest BCUT2D eigenvalue weighted by Crippen LogP contribution is -2.47. The summed E-state index contributed by atoms with van der Waals surface area (Å²) in [4.78, 5) is 0. The first kappa shape index (κ1) is 17.7. The van der Waals surface area contributed by atoms with Crippen molar-refractivity contribution in [1.29, 1.82) is 0 Å². The Morgan fingerprint density at radius 3 is 2.36 bits per heavy atom. The van der Waals surface area contributed by atoms with Crippen LogP contribution in [0.2, 0.25) is 18.1 Å². The van der Waals surface area contributed by atoms with Gasteiger partial charge in [0.15, 0.2) is 8.32 Å². The maximum absolute atomic E-state index is 6.53. The van der Waals surface area contributed by atoms with Crippen LogP contribution in [0.3, 0.4) is 0 Å². The number of benzene rings is 1. The molecule has 0 aliphatic carbocycles. The molecule has 124 valence electrons.